The van der Waals surface area contributed by atoms with Gasteiger partial charge in [-0.25, -0.2) is 4.79 Å². The summed E-state index contributed by atoms with van der Waals surface area (Å²) in [5.74, 6) is -0.382. The standard InChI is InChI=1S/C8H16O3Si.C4H8/c1-4-7(6(3)11-12)10-8(9)5-2;1-4(2)3/h5-7H,2,4H2,1,3,12H3;1H2,2-3H3. The maximum atomic E-state index is 10.8. The van der Waals surface area contributed by atoms with Gasteiger partial charge in [0.15, 0.2) is 0 Å². The van der Waals surface area contributed by atoms with Crippen molar-refractivity contribution in [2.45, 2.75) is 46.3 Å². The van der Waals surface area contributed by atoms with E-state index in [4.69, 9.17) is 9.16 Å². The molecule has 0 aromatic rings. The Morgan fingerprint density at radius 2 is 1.94 bits per heavy atom. The van der Waals surface area contributed by atoms with Gasteiger partial charge in [-0.05, 0) is 27.2 Å². The van der Waals surface area contributed by atoms with Crippen LogP contribution in [-0.2, 0) is 14.0 Å². The number of allylic oxidation sites excluding steroid dienone is 1. The smallest absolute Gasteiger partial charge is 0.330 e. The largest absolute Gasteiger partial charge is 0.457 e. The highest BCUT2D eigenvalue weighted by atomic mass is 28.2. The van der Waals surface area contributed by atoms with E-state index in [-0.39, 0.29) is 18.2 Å². The van der Waals surface area contributed by atoms with Crippen LogP contribution in [0.1, 0.15) is 34.1 Å². The minimum Gasteiger partial charge on any atom is -0.457 e. The third-order valence-corrected chi connectivity index (χ3v) is 2.48. The monoisotopic (exact) mass is 244 g/mol. The van der Waals surface area contributed by atoms with Crippen LogP contribution in [-0.4, -0.2) is 28.7 Å². The summed E-state index contributed by atoms with van der Waals surface area (Å²) in [7, 11) is 0.660. The number of hydrogen-bond acceptors (Lipinski definition) is 3. The van der Waals surface area contributed by atoms with Crippen LogP contribution in [0.5, 0.6) is 0 Å². The van der Waals surface area contributed by atoms with Crippen molar-refractivity contribution in [3.8, 4) is 0 Å². The zero-order valence-electron chi connectivity index (χ0n) is 11.1. The van der Waals surface area contributed by atoms with E-state index in [1.165, 1.54) is 11.6 Å². The Hall–Kier alpha value is -0.873. The van der Waals surface area contributed by atoms with Gasteiger partial charge in [-0.1, -0.05) is 19.1 Å². The van der Waals surface area contributed by atoms with Crippen LogP contribution in [0.2, 0.25) is 0 Å². The molecule has 0 saturated heterocycles. The van der Waals surface area contributed by atoms with Gasteiger partial charge in [-0.3, -0.25) is 0 Å². The maximum absolute atomic E-state index is 10.8. The first-order valence-corrected chi connectivity index (χ1v) is 6.18. The molecule has 0 spiro atoms. The topological polar surface area (TPSA) is 35.5 Å². The second kappa shape index (κ2) is 10.6. The minimum atomic E-state index is -0.382. The molecule has 0 rings (SSSR count). The van der Waals surface area contributed by atoms with E-state index in [1.807, 2.05) is 27.7 Å². The number of carbonyl (C=O) groups is 1. The van der Waals surface area contributed by atoms with Crippen molar-refractivity contribution in [1.29, 1.82) is 0 Å². The molecule has 0 heterocycles. The molecule has 0 aliphatic carbocycles. The Morgan fingerprint density at radius 1 is 1.50 bits per heavy atom. The van der Waals surface area contributed by atoms with Crippen LogP contribution < -0.4 is 0 Å². The average Bonchev–Trinajstić information content (AvgIpc) is 2.23. The predicted octanol–water partition coefficient (Wildman–Crippen LogP) is 1.76. The van der Waals surface area contributed by atoms with Gasteiger partial charge in [-0.2, -0.15) is 0 Å². The first kappa shape index (κ1) is 17.5. The van der Waals surface area contributed by atoms with Crippen LogP contribution in [0.3, 0.4) is 0 Å². The van der Waals surface area contributed by atoms with Gasteiger partial charge in [0.05, 0.1) is 6.10 Å². The third kappa shape index (κ3) is 11.2. The number of carbonyl (C=O) groups excluding carboxylic acids is 1. The Labute approximate surface area is 102 Å². The Kier molecular flexibility index (Phi) is 11.6. The van der Waals surface area contributed by atoms with E-state index in [1.54, 1.807) is 0 Å². The lowest BCUT2D eigenvalue weighted by molar-refractivity contribution is -0.147. The fraction of sp³-hybridized carbons (Fsp3) is 0.583. The maximum Gasteiger partial charge on any atom is 0.330 e. The third-order valence-electron chi connectivity index (χ3n) is 1.73. The Balaban J connectivity index is 0. The molecule has 2 unspecified atom stereocenters. The molecule has 0 amide bonds. The highest BCUT2D eigenvalue weighted by Crippen LogP contribution is 2.07. The van der Waals surface area contributed by atoms with Crippen LogP contribution >= 0.6 is 0 Å². The molecule has 0 aromatic heterocycles. The van der Waals surface area contributed by atoms with Gasteiger partial charge < -0.3 is 9.16 Å². The first-order valence-electron chi connectivity index (χ1n) is 5.36. The summed E-state index contributed by atoms with van der Waals surface area (Å²) in [6, 6.07) is 0. The number of ether oxygens (including phenoxy) is 1. The summed E-state index contributed by atoms with van der Waals surface area (Å²) in [4.78, 5) is 10.8. The zero-order valence-corrected chi connectivity index (χ0v) is 13.1. The average molecular weight is 244 g/mol. The molecular formula is C12H24O3Si. The van der Waals surface area contributed by atoms with E-state index < -0.39 is 0 Å². The lowest BCUT2D eigenvalue weighted by Gasteiger charge is -2.21. The summed E-state index contributed by atoms with van der Waals surface area (Å²) in [6.07, 6.45) is 1.78. The highest BCUT2D eigenvalue weighted by molar-refractivity contribution is 5.98. The summed E-state index contributed by atoms with van der Waals surface area (Å²) < 4.78 is 10.2. The van der Waals surface area contributed by atoms with E-state index in [0.29, 0.717) is 10.5 Å². The van der Waals surface area contributed by atoms with Gasteiger partial charge in [-0.15, -0.1) is 6.58 Å². The van der Waals surface area contributed by atoms with Gasteiger partial charge in [0.2, 0.25) is 0 Å². The molecule has 94 valence electrons. The highest BCUT2D eigenvalue weighted by Gasteiger charge is 2.17. The van der Waals surface area contributed by atoms with Gasteiger partial charge in [0.1, 0.15) is 16.6 Å². The molecule has 16 heavy (non-hydrogen) atoms. The van der Waals surface area contributed by atoms with E-state index >= 15 is 0 Å². The van der Waals surface area contributed by atoms with Crippen molar-refractivity contribution in [2.75, 3.05) is 0 Å². The van der Waals surface area contributed by atoms with Gasteiger partial charge in [0.25, 0.3) is 0 Å². The molecule has 0 fully saturated rings. The fourth-order valence-electron chi connectivity index (χ4n) is 0.860. The Bertz CT molecular complexity index is 222. The molecule has 0 aliphatic heterocycles. The summed E-state index contributed by atoms with van der Waals surface area (Å²) in [6.45, 7) is 14.7. The molecule has 0 radical (unpaired) electrons. The SMILES string of the molecule is C=C(C)C.C=CC(=O)OC(CC)C(C)O[SiH3]. The fourth-order valence-corrected chi connectivity index (χ4v) is 1.16. The molecule has 0 N–H and O–H groups in total. The predicted molar refractivity (Wildman–Crippen MR) is 71.3 cm³/mol. The molecule has 3 nitrogen and oxygen atoms in total. The molecule has 2 atom stereocenters. The number of esters is 1. The number of rotatable bonds is 5. The molecule has 0 aromatic carbocycles. The second-order valence-electron chi connectivity index (χ2n) is 3.74. The first-order chi connectivity index (χ1) is 7.38. The van der Waals surface area contributed by atoms with Crippen molar-refractivity contribution in [1.82, 2.24) is 0 Å². The van der Waals surface area contributed by atoms with Gasteiger partial charge >= 0.3 is 5.97 Å². The van der Waals surface area contributed by atoms with Crippen molar-refractivity contribution in [3.63, 3.8) is 0 Å². The van der Waals surface area contributed by atoms with Crippen molar-refractivity contribution in [2.24, 2.45) is 0 Å². The molecular weight excluding hydrogens is 220 g/mol. The quantitative estimate of drug-likeness (QED) is 0.320. The van der Waals surface area contributed by atoms with E-state index in [2.05, 4.69) is 13.2 Å². The van der Waals surface area contributed by atoms with Crippen molar-refractivity contribution < 1.29 is 14.0 Å². The lowest BCUT2D eigenvalue weighted by Crippen LogP contribution is -2.29. The minimum absolute atomic E-state index is 0.00873. The van der Waals surface area contributed by atoms with Crippen molar-refractivity contribution in [3.05, 3.63) is 24.8 Å². The normalized spacial score (nSPS) is 13.0. The molecule has 0 bridgehead atoms. The zero-order chi connectivity index (χ0) is 13.1. The summed E-state index contributed by atoms with van der Waals surface area (Å²) in [5.41, 5.74) is 1.17. The Morgan fingerprint density at radius 3 is 2.19 bits per heavy atom. The van der Waals surface area contributed by atoms with Crippen LogP contribution in [0.15, 0.2) is 24.8 Å². The van der Waals surface area contributed by atoms with Crippen LogP contribution in [0, 0.1) is 0 Å². The van der Waals surface area contributed by atoms with E-state index in [9.17, 15) is 4.79 Å². The number of hydrogen-bond donors (Lipinski definition) is 0. The van der Waals surface area contributed by atoms with Crippen LogP contribution in [0.4, 0.5) is 0 Å². The lowest BCUT2D eigenvalue weighted by atomic mass is 10.2. The summed E-state index contributed by atoms with van der Waals surface area (Å²) in [5, 5.41) is 0. The van der Waals surface area contributed by atoms with Gasteiger partial charge in [0, 0.05) is 6.08 Å². The second-order valence-corrected chi connectivity index (χ2v) is 4.21. The van der Waals surface area contributed by atoms with E-state index in [0.717, 1.165) is 6.42 Å². The molecule has 0 aliphatic rings. The summed E-state index contributed by atoms with van der Waals surface area (Å²) >= 11 is 0. The molecule has 4 heteroatoms. The van der Waals surface area contributed by atoms with Crippen molar-refractivity contribution >= 4 is 16.5 Å². The van der Waals surface area contributed by atoms with Crippen LogP contribution in [0.25, 0.3) is 0 Å². The molecule has 0 saturated carbocycles.